The first-order valence-corrected chi connectivity index (χ1v) is 7.89. The van der Waals surface area contributed by atoms with Crippen LogP contribution in [0.5, 0.6) is 11.5 Å². The van der Waals surface area contributed by atoms with Crippen LogP contribution < -0.4 is 4.74 Å². The molecule has 18 heavy (non-hydrogen) atoms. The minimum atomic E-state index is 0.440. The van der Waals surface area contributed by atoms with E-state index in [4.69, 9.17) is 4.74 Å². The van der Waals surface area contributed by atoms with Crippen molar-refractivity contribution in [1.29, 1.82) is 0 Å². The average molecular weight is 315 g/mol. The number of ether oxygens (including phenoxy) is 1. The number of benzene rings is 1. The summed E-state index contributed by atoms with van der Waals surface area (Å²) in [4.78, 5) is 0. The summed E-state index contributed by atoms with van der Waals surface area (Å²) in [7, 11) is 0. The Morgan fingerprint density at radius 2 is 1.89 bits per heavy atom. The summed E-state index contributed by atoms with van der Waals surface area (Å²) < 4.78 is 5.75. The van der Waals surface area contributed by atoms with Crippen LogP contribution in [-0.4, -0.2) is 17.0 Å². The summed E-state index contributed by atoms with van der Waals surface area (Å²) in [5.41, 5.74) is 2.01. The minimum Gasteiger partial charge on any atom is -0.507 e. The molecule has 0 spiro atoms. The van der Waals surface area contributed by atoms with Gasteiger partial charge in [-0.15, -0.1) is 0 Å². The highest BCUT2D eigenvalue weighted by atomic mass is 79.9. The molecular weight excluding hydrogens is 292 g/mol. The minimum absolute atomic E-state index is 0.440. The predicted molar refractivity (Wildman–Crippen MR) is 80.0 cm³/mol. The Hall–Kier alpha value is -0.700. The number of halogens is 1. The summed E-state index contributed by atoms with van der Waals surface area (Å²) in [5.74, 6) is 1.28. The lowest BCUT2D eigenvalue weighted by atomic mass is 10.0. The Balaban J connectivity index is 2.91. The Morgan fingerprint density at radius 1 is 1.17 bits per heavy atom. The maximum atomic E-state index is 10.3. The Labute approximate surface area is 118 Å². The van der Waals surface area contributed by atoms with Gasteiger partial charge in [0.2, 0.25) is 0 Å². The molecule has 1 aromatic rings. The molecule has 0 aliphatic carbocycles. The first-order valence-electron chi connectivity index (χ1n) is 6.77. The van der Waals surface area contributed by atoms with Crippen LogP contribution in [0, 0.1) is 0 Å². The summed E-state index contributed by atoms with van der Waals surface area (Å²) in [5, 5.41) is 11.2. The number of phenolic OH excluding ortho intramolecular Hbond substituents is 1. The molecule has 0 saturated carbocycles. The van der Waals surface area contributed by atoms with Crippen LogP contribution in [-0.2, 0) is 12.8 Å². The van der Waals surface area contributed by atoms with Crippen molar-refractivity contribution in [1.82, 2.24) is 0 Å². The van der Waals surface area contributed by atoms with E-state index in [1.54, 1.807) is 0 Å². The topological polar surface area (TPSA) is 29.5 Å². The van der Waals surface area contributed by atoms with Gasteiger partial charge in [0.05, 0.1) is 6.61 Å². The van der Waals surface area contributed by atoms with E-state index < -0.39 is 0 Å². The van der Waals surface area contributed by atoms with Crippen molar-refractivity contribution >= 4 is 15.9 Å². The molecule has 1 N–H and O–H groups in total. The highest BCUT2D eigenvalue weighted by Gasteiger charge is 2.12. The largest absolute Gasteiger partial charge is 0.507 e. The van der Waals surface area contributed by atoms with Crippen LogP contribution in [0.3, 0.4) is 0 Å². The van der Waals surface area contributed by atoms with Gasteiger partial charge in [-0.2, -0.15) is 0 Å². The third-order valence-electron chi connectivity index (χ3n) is 2.88. The maximum absolute atomic E-state index is 10.3. The molecule has 1 rings (SSSR count). The second-order valence-corrected chi connectivity index (χ2v) is 5.23. The van der Waals surface area contributed by atoms with E-state index in [2.05, 4.69) is 29.8 Å². The lowest BCUT2D eigenvalue weighted by Crippen LogP contribution is -2.02. The van der Waals surface area contributed by atoms with Gasteiger partial charge in [-0.1, -0.05) is 48.7 Å². The number of hydrogen-bond donors (Lipinski definition) is 1. The summed E-state index contributed by atoms with van der Waals surface area (Å²) in [6, 6.07) is 3.99. The van der Waals surface area contributed by atoms with E-state index in [-0.39, 0.29) is 0 Å². The number of hydrogen-bond acceptors (Lipinski definition) is 2. The van der Waals surface area contributed by atoms with Gasteiger partial charge in [0.1, 0.15) is 11.5 Å². The summed E-state index contributed by atoms with van der Waals surface area (Å²) in [6.07, 6.45) is 4.82. The van der Waals surface area contributed by atoms with Crippen LogP contribution in [0.15, 0.2) is 12.1 Å². The maximum Gasteiger partial charge on any atom is 0.126 e. The lowest BCUT2D eigenvalue weighted by molar-refractivity contribution is 0.312. The molecule has 0 unspecified atom stereocenters. The molecule has 0 aliphatic rings. The Morgan fingerprint density at radius 3 is 2.50 bits per heavy atom. The van der Waals surface area contributed by atoms with Gasteiger partial charge in [0.15, 0.2) is 0 Å². The molecule has 0 amide bonds. The number of aromatic hydroxyl groups is 1. The van der Waals surface area contributed by atoms with Crippen LogP contribution in [0.2, 0.25) is 0 Å². The fourth-order valence-electron chi connectivity index (χ4n) is 2.00. The predicted octanol–water partition coefficient (Wildman–Crippen LogP) is 4.46. The summed E-state index contributed by atoms with van der Waals surface area (Å²) in [6.45, 7) is 4.93. The average Bonchev–Trinajstić information content (AvgIpc) is 2.37. The fourth-order valence-corrected chi connectivity index (χ4v) is 2.23. The highest BCUT2D eigenvalue weighted by Crippen LogP contribution is 2.33. The first-order chi connectivity index (χ1) is 8.74. The van der Waals surface area contributed by atoms with Crippen LogP contribution in [0.4, 0.5) is 0 Å². The molecule has 0 radical (unpaired) electrons. The van der Waals surface area contributed by atoms with Crippen molar-refractivity contribution in [3.05, 3.63) is 23.3 Å². The monoisotopic (exact) mass is 314 g/mol. The zero-order valence-electron chi connectivity index (χ0n) is 11.3. The molecule has 0 saturated heterocycles. The van der Waals surface area contributed by atoms with E-state index in [9.17, 15) is 5.11 Å². The van der Waals surface area contributed by atoms with Crippen molar-refractivity contribution < 1.29 is 9.84 Å². The molecule has 0 bridgehead atoms. The normalized spacial score (nSPS) is 10.6. The van der Waals surface area contributed by atoms with Gasteiger partial charge in [0, 0.05) is 10.9 Å². The number of aryl methyl sites for hydroxylation is 1. The van der Waals surface area contributed by atoms with Gasteiger partial charge in [0.25, 0.3) is 0 Å². The molecule has 102 valence electrons. The quantitative estimate of drug-likeness (QED) is 0.567. The summed E-state index contributed by atoms with van der Waals surface area (Å²) >= 11 is 3.39. The molecule has 0 aliphatic heterocycles. The van der Waals surface area contributed by atoms with Crippen molar-refractivity contribution in [2.75, 3.05) is 11.9 Å². The van der Waals surface area contributed by atoms with Crippen molar-refractivity contribution in [2.45, 2.75) is 46.0 Å². The molecule has 1 aromatic carbocycles. The van der Waals surface area contributed by atoms with Crippen LogP contribution >= 0.6 is 15.9 Å². The Kier molecular flexibility index (Phi) is 7.18. The molecule has 0 heterocycles. The van der Waals surface area contributed by atoms with Gasteiger partial charge in [-0.3, -0.25) is 0 Å². The Bertz CT molecular complexity index is 364. The van der Waals surface area contributed by atoms with Crippen molar-refractivity contribution in [2.24, 2.45) is 0 Å². The van der Waals surface area contributed by atoms with Crippen molar-refractivity contribution in [3.8, 4) is 11.5 Å². The molecule has 0 atom stereocenters. The smallest absolute Gasteiger partial charge is 0.126 e. The lowest BCUT2D eigenvalue weighted by Gasteiger charge is -2.15. The van der Waals surface area contributed by atoms with Crippen molar-refractivity contribution in [3.63, 3.8) is 0 Å². The first kappa shape index (κ1) is 15.4. The van der Waals surface area contributed by atoms with E-state index in [1.807, 2.05) is 12.1 Å². The molecule has 3 heteroatoms. The van der Waals surface area contributed by atoms with Crippen LogP contribution in [0.1, 0.15) is 44.2 Å². The zero-order chi connectivity index (χ0) is 13.4. The second kappa shape index (κ2) is 8.41. The SMILES string of the molecule is CCCc1ccc(OCCCBr)c(CCC)c1O. The fraction of sp³-hybridized carbons (Fsp3) is 0.600. The van der Waals surface area contributed by atoms with Crippen LogP contribution in [0.25, 0.3) is 0 Å². The molecule has 0 aromatic heterocycles. The second-order valence-electron chi connectivity index (χ2n) is 4.44. The molecule has 2 nitrogen and oxygen atoms in total. The molecular formula is C15H23BrO2. The standard InChI is InChI=1S/C15H23BrO2/c1-3-6-12-8-9-14(18-11-5-10-16)13(7-4-2)15(12)17/h8-9,17H,3-7,10-11H2,1-2H3. The molecule has 0 fully saturated rings. The third-order valence-corrected chi connectivity index (χ3v) is 3.44. The van der Waals surface area contributed by atoms with E-state index in [0.717, 1.165) is 54.3 Å². The van der Waals surface area contributed by atoms with E-state index in [1.165, 1.54) is 0 Å². The number of alkyl halides is 1. The number of rotatable bonds is 8. The highest BCUT2D eigenvalue weighted by molar-refractivity contribution is 9.09. The zero-order valence-corrected chi connectivity index (χ0v) is 12.9. The van der Waals surface area contributed by atoms with Gasteiger partial charge < -0.3 is 9.84 Å². The number of phenols is 1. The van der Waals surface area contributed by atoms with Gasteiger partial charge >= 0.3 is 0 Å². The van der Waals surface area contributed by atoms with Gasteiger partial charge in [-0.05, 0) is 30.9 Å². The van der Waals surface area contributed by atoms with E-state index >= 15 is 0 Å². The van der Waals surface area contributed by atoms with Gasteiger partial charge in [-0.25, -0.2) is 0 Å². The third kappa shape index (κ3) is 4.20. The van der Waals surface area contributed by atoms with E-state index in [0.29, 0.717) is 12.4 Å².